The Balaban J connectivity index is 2.00. The SMILES string of the molecule is O=c1ccc(-c2nc(-c3ccsc3)no2)c[nH]1. The minimum absolute atomic E-state index is 0.161. The van der Waals surface area contributed by atoms with E-state index in [1.54, 1.807) is 23.6 Å². The van der Waals surface area contributed by atoms with E-state index in [0.717, 1.165) is 5.56 Å². The highest BCUT2D eigenvalue weighted by molar-refractivity contribution is 7.08. The van der Waals surface area contributed by atoms with E-state index in [1.807, 2.05) is 16.8 Å². The van der Waals surface area contributed by atoms with Crippen molar-refractivity contribution in [3.05, 3.63) is 45.5 Å². The van der Waals surface area contributed by atoms with Gasteiger partial charge in [0.15, 0.2) is 0 Å². The van der Waals surface area contributed by atoms with Crippen molar-refractivity contribution in [2.24, 2.45) is 0 Å². The van der Waals surface area contributed by atoms with Gasteiger partial charge in [-0.1, -0.05) is 5.16 Å². The Hall–Kier alpha value is -2.21. The summed E-state index contributed by atoms with van der Waals surface area (Å²) in [4.78, 5) is 17.7. The Bertz CT molecular complexity index is 664. The predicted octanol–water partition coefficient (Wildman–Crippen LogP) is 2.15. The molecule has 3 aromatic rings. The molecule has 84 valence electrons. The standard InChI is InChI=1S/C11H7N3O2S/c15-9-2-1-7(5-12-9)11-13-10(14-16-11)8-3-4-17-6-8/h1-6H,(H,12,15). The fourth-order valence-corrected chi connectivity index (χ4v) is 2.03. The van der Waals surface area contributed by atoms with Gasteiger partial charge in [-0.15, -0.1) is 0 Å². The highest BCUT2D eigenvalue weighted by Gasteiger charge is 2.10. The van der Waals surface area contributed by atoms with E-state index in [0.29, 0.717) is 17.3 Å². The highest BCUT2D eigenvalue weighted by atomic mass is 32.1. The normalized spacial score (nSPS) is 10.6. The lowest BCUT2D eigenvalue weighted by Crippen LogP contribution is -2.01. The molecule has 0 spiro atoms. The fraction of sp³-hybridized carbons (Fsp3) is 0. The maximum atomic E-state index is 10.9. The van der Waals surface area contributed by atoms with Crippen LogP contribution in [0.2, 0.25) is 0 Å². The lowest BCUT2D eigenvalue weighted by Gasteiger charge is -1.90. The molecule has 0 atom stereocenters. The summed E-state index contributed by atoms with van der Waals surface area (Å²) in [7, 11) is 0. The van der Waals surface area contributed by atoms with Crippen molar-refractivity contribution in [2.45, 2.75) is 0 Å². The molecule has 17 heavy (non-hydrogen) atoms. The number of nitrogens with zero attached hydrogens (tertiary/aromatic N) is 2. The maximum absolute atomic E-state index is 10.9. The smallest absolute Gasteiger partial charge is 0.259 e. The van der Waals surface area contributed by atoms with Gasteiger partial charge >= 0.3 is 0 Å². The first-order valence-electron chi connectivity index (χ1n) is 4.88. The lowest BCUT2D eigenvalue weighted by atomic mass is 10.3. The average Bonchev–Trinajstić information content (AvgIpc) is 3.00. The van der Waals surface area contributed by atoms with Crippen LogP contribution in [0.25, 0.3) is 22.8 Å². The second-order valence-electron chi connectivity index (χ2n) is 3.38. The predicted molar refractivity (Wildman–Crippen MR) is 63.7 cm³/mol. The van der Waals surface area contributed by atoms with Crippen molar-refractivity contribution in [1.82, 2.24) is 15.1 Å². The molecule has 3 rings (SSSR count). The average molecular weight is 245 g/mol. The molecular formula is C11H7N3O2S. The lowest BCUT2D eigenvalue weighted by molar-refractivity contribution is 0.432. The molecule has 0 saturated carbocycles. The minimum Gasteiger partial charge on any atom is -0.334 e. The minimum atomic E-state index is -0.161. The largest absolute Gasteiger partial charge is 0.334 e. The fourth-order valence-electron chi connectivity index (χ4n) is 1.39. The van der Waals surface area contributed by atoms with E-state index in [-0.39, 0.29) is 5.56 Å². The third-order valence-corrected chi connectivity index (χ3v) is 2.92. The van der Waals surface area contributed by atoms with Crippen molar-refractivity contribution in [3.8, 4) is 22.8 Å². The molecule has 0 saturated heterocycles. The summed E-state index contributed by atoms with van der Waals surface area (Å²) in [6.07, 6.45) is 1.55. The first-order chi connectivity index (χ1) is 8.33. The topological polar surface area (TPSA) is 71.8 Å². The van der Waals surface area contributed by atoms with E-state index < -0.39 is 0 Å². The molecule has 5 nitrogen and oxygen atoms in total. The van der Waals surface area contributed by atoms with E-state index in [1.165, 1.54) is 6.07 Å². The number of aromatic nitrogens is 3. The Morgan fingerprint density at radius 1 is 1.24 bits per heavy atom. The second kappa shape index (κ2) is 3.99. The van der Waals surface area contributed by atoms with Crippen molar-refractivity contribution in [3.63, 3.8) is 0 Å². The quantitative estimate of drug-likeness (QED) is 0.750. The van der Waals surface area contributed by atoms with Crippen LogP contribution >= 0.6 is 11.3 Å². The molecule has 0 amide bonds. The second-order valence-corrected chi connectivity index (χ2v) is 4.16. The Labute approximate surface area is 99.8 Å². The third kappa shape index (κ3) is 1.90. The van der Waals surface area contributed by atoms with Crippen molar-refractivity contribution >= 4 is 11.3 Å². The zero-order valence-electron chi connectivity index (χ0n) is 8.58. The number of H-pyrrole nitrogens is 1. The van der Waals surface area contributed by atoms with Crippen molar-refractivity contribution in [1.29, 1.82) is 0 Å². The van der Waals surface area contributed by atoms with E-state index in [4.69, 9.17) is 4.52 Å². The molecule has 0 bridgehead atoms. The summed E-state index contributed by atoms with van der Waals surface area (Å²) < 4.78 is 5.14. The van der Waals surface area contributed by atoms with Gasteiger partial charge in [-0.2, -0.15) is 16.3 Å². The molecule has 0 unspecified atom stereocenters. The van der Waals surface area contributed by atoms with Gasteiger partial charge in [-0.3, -0.25) is 4.79 Å². The number of rotatable bonds is 2. The zero-order valence-corrected chi connectivity index (χ0v) is 9.40. The molecule has 6 heteroatoms. The van der Waals surface area contributed by atoms with Crippen molar-refractivity contribution in [2.75, 3.05) is 0 Å². The van der Waals surface area contributed by atoms with Crippen LogP contribution in [0, 0.1) is 0 Å². The van der Waals surface area contributed by atoms with E-state index >= 15 is 0 Å². The van der Waals surface area contributed by atoms with Crippen LogP contribution in [0.15, 0.2) is 44.5 Å². The number of hydrogen-bond acceptors (Lipinski definition) is 5. The Kier molecular flexibility index (Phi) is 2.34. The van der Waals surface area contributed by atoms with Gasteiger partial charge in [0.1, 0.15) is 0 Å². The summed E-state index contributed by atoms with van der Waals surface area (Å²) in [5.41, 5.74) is 1.46. The first-order valence-corrected chi connectivity index (χ1v) is 5.82. The van der Waals surface area contributed by atoms with Gasteiger partial charge in [0.2, 0.25) is 11.4 Å². The van der Waals surface area contributed by atoms with E-state index in [2.05, 4.69) is 15.1 Å². The molecule has 3 heterocycles. The molecule has 3 aromatic heterocycles. The molecule has 0 aromatic carbocycles. The molecule has 0 radical (unpaired) electrons. The molecular weight excluding hydrogens is 238 g/mol. The summed E-state index contributed by atoms with van der Waals surface area (Å²) in [5.74, 6) is 0.940. The Morgan fingerprint density at radius 3 is 2.88 bits per heavy atom. The molecule has 0 aliphatic heterocycles. The number of nitrogens with one attached hydrogen (secondary N) is 1. The highest BCUT2D eigenvalue weighted by Crippen LogP contribution is 2.22. The van der Waals surface area contributed by atoms with Gasteiger partial charge in [-0.25, -0.2) is 0 Å². The molecule has 0 aliphatic rings. The van der Waals surface area contributed by atoms with Crippen LogP contribution in [-0.4, -0.2) is 15.1 Å². The van der Waals surface area contributed by atoms with E-state index in [9.17, 15) is 4.79 Å². The molecule has 0 aliphatic carbocycles. The van der Waals surface area contributed by atoms with Crippen molar-refractivity contribution < 1.29 is 4.52 Å². The Morgan fingerprint density at radius 2 is 2.18 bits per heavy atom. The first kappa shape index (κ1) is 9.98. The molecule has 0 fully saturated rings. The van der Waals surface area contributed by atoms with Crippen LogP contribution in [-0.2, 0) is 0 Å². The van der Waals surface area contributed by atoms with Gasteiger partial charge in [0, 0.05) is 23.2 Å². The summed E-state index contributed by atoms with van der Waals surface area (Å²) >= 11 is 1.57. The summed E-state index contributed by atoms with van der Waals surface area (Å²) in [6, 6.07) is 4.99. The number of aromatic amines is 1. The van der Waals surface area contributed by atoms with Gasteiger partial charge in [0.05, 0.1) is 5.56 Å². The van der Waals surface area contributed by atoms with Gasteiger partial charge < -0.3 is 9.51 Å². The summed E-state index contributed by atoms with van der Waals surface area (Å²) in [5, 5.41) is 7.78. The van der Waals surface area contributed by atoms with Crippen LogP contribution in [0.4, 0.5) is 0 Å². The van der Waals surface area contributed by atoms with Crippen LogP contribution in [0.1, 0.15) is 0 Å². The van der Waals surface area contributed by atoms with Crippen LogP contribution in [0.5, 0.6) is 0 Å². The summed E-state index contributed by atoms with van der Waals surface area (Å²) in [6.45, 7) is 0. The van der Waals surface area contributed by atoms with Crippen LogP contribution < -0.4 is 5.56 Å². The number of thiophene rings is 1. The maximum Gasteiger partial charge on any atom is 0.259 e. The third-order valence-electron chi connectivity index (χ3n) is 2.24. The molecule has 1 N–H and O–H groups in total. The van der Waals surface area contributed by atoms with Crippen LogP contribution in [0.3, 0.4) is 0 Å². The number of pyridine rings is 1. The zero-order chi connectivity index (χ0) is 11.7. The monoisotopic (exact) mass is 245 g/mol. The van der Waals surface area contributed by atoms with Gasteiger partial charge in [0.25, 0.3) is 5.89 Å². The van der Waals surface area contributed by atoms with Gasteiger partial charge in [-0.05, 0) is 17.5 Å². The number of hydrogen-bond donors (Lipinski definition) is 1.